The van der Waals surface area contributed by atoms with E-state index < -0.39 is 0 Å². The van der Waals surface area contributed by atoms with Crippen molar-refractivity contribution in [2.24, 2.45) is 0 Å². The first kappa shape index (κ1) is 21.7. The number of nitrogens with zero attached hydrogens (tertiary/aromatic N) is 2. The van der Waals surface area contributed by atoms with Crippen LogP contribution >= 0.6 is 11.8 Å². The molecule has 0 atom stereocenters. The first-order valence-corrected chi connectivity index (χ1v) is 11.1. The molecule has 0 aliphatic carbocycles. The zero-order chi connectivity index (χ0) is 22.7. The number of anilines is 1. The van der Waals surface area contributed by atoms with Crippen molar-refractivity contribution in [1.82, 2.24) is 9.56 Å². The van der Waals surface area contributed by atoms with Crippen LogP contribution in [0.5, 0.6) is 5.75 Å². The summed E-state index contributed by atoms with van der Waals surface area (Å²) in [6.07, 6.45) is 0. The van der Waals surface area contributed by atoms with E-state index in [2.05, 4.69) is 16.4 Å². The van der Waals surface area contributed by atoms with Gasteiger partial charge in [0.15, 0.2) is 12.3 Å². The standard InChI is InChI=1S/C24H23N3O4S/c1-15-8-16(2)10-20(9-15)30-13-23(28)26-18-4-6-21(7-5-18)32-14-19-12-24(29)27-22(25-19)11-17(3)31-27/h4-12H,13-14H2,1-3H3,(H,26,28). The summed E-state index contributed by atoms with van der Waals surface area (Å²) in [5.41, 5.74) is 3.82. The maximum atomic E-state index is 12.2. The molecule has 1 N–H and O–H groups in total. The molecular weight excluding hydrogens is 426 g/mol. The van der Waals surface area contributed by atoms with Gasteiger partial charge in [-0.1, -0.05) is 6.07 Å². The molecule has 164 valence electrons. The van der Waals surface area contributed by atoms with Gasteiger partial charge >= 0.3 is 0 Å². The van der Waals surface area contributed by atoms with E-state index in [9.17, 15) is 9.59 Å². The number of carbonyl (C=O) groups excluding carboxylic acids is 1. The van der Waals surface area contributed by atoms with Crippen molar-refractivity contribution >= 4 is 29.0 Å². The lowest BCUT2D eigenvalue weighted by Crippen LogP contribution is -2.20. The van der Waals surface area contributed by atoms with Gasteiger partial charge in [0.25, 0.3) is 11.5 Å². The molecule has 32 heavy (non-hydrogen) atoms. The minimum Gasteiger partial charge on any atom is -0.484 e. The van der Waals surface area contributed by atoms with Gasteiger partial charge in [-0.3, -0.25) is 9.59 Å². The van der Waals surface area contributed by atoms with Crippen molar-refractivity contribution in [1.29, 1.82) is 0 Å². The van der Waals surface area contributed by atoms with Crippen LogP contribution in [0, 0.1) is 20.8 Å². The molecular formula is C24H23N3O4S. The number of rotatable bonds is 7. The Balaban J connectivity index is 1.31. The summed E-state index contributed by atoms with van der Waals surface area (Å²) in [4.78, 5) is 29.8. The molecule has 2 heterocycles. The number of aryl methyl sites for hydroxylation is 3. The first-order chi connectivity index (χ1) is 15.4. The summed E-state index contributed by atoms with van der Waals surface area (Å²) in [6, 6.07) is 16.6. The normalized spacial score (nSPS) is 11.0. The van der Waals surface area contributed by atoms with E-state index in [0.717, 1.165) is 16.0 Å². The fourth-order valence-electron chi connectivity index (χ4n) is 3.30. The van der Waals surface area contributed by atoms with Crippen LogP contribution in [-0.2, 0) is 10.5 Å². The fraction of sp³-hybridized carbons (Fsp3) is 0.208. The molecule has 0 saturated carbocycles. The molecule has 0 spiro atoms. The Bertz CT molecular complexity index is 1310. The number of hydrogen-bond donors (Lipinski definition) is 1. The Morgan fingerprint density at radius 1 is 1.06 bits per heavy atom. The molecule has 0 bridgehead atoms. The molecule has 0 unspecified atom stereocenters. The van der Waals surface area contributed by atoms with Gasteiger partial charge in [-0.25, -0.2) is 4.98 Å². The first-order valence-electron chi connectivity index (χ1n) is 10.1. The molecule has 0 aliphatic heterocycles. The topological polar surface area (TPSA) is 85.8 Å². The van der Waals surface area contributed by atoms with Gasteiger partial charge in [0.2, 0.25) is 0 Å². The molecule has 0 saturated heterocycles. The molecule has 0 aliphatic rings. The third-order valence-corrected chi connectivity index (χ3v) is 5.66. The molecule has 8 heteroatoms. The summed E-state index contributed by atoms with van der Waals surface area (Å²) in [7, 11) is 0. The van der Waals surface area contributed by atoms with E-state index in [0.29, 0.717) is 34.3 Å². The van der Waals surface area contributed by atoms with E-state index >= 15 is 0 Å². The van der Waals surface area contributed by atoms with Crippen LogP contribution in [0.2, 0.25) is 0 Å². The van der Waals surface area contributed by atoms with Crippen LogP contribution in [0.1, 0.15) is 22.6 Å². The number of carbonyl (C=O) groups is 1. The van der Waals surface area contributed by atoms with Crippen LogP contribution < -0.4 is 15.6 Å². The second kappa shape index (κ2) is 9.32. The second-order valence-electron chi connectivity index (χ2n) is 7.56. The molecule has 1 amide bonds. The zero-order valence-corrected chi connectivity index (χ0v) is 18.9. The minimum atomic E-state index is -0.236. The monoisotopic (exact) mass is 449 g/mol. The van der Waals surface area contributed by atoms with Crippen LogP contribution in [0.15, 0.2) is 68.8 Å². The van der Waals surface area contributed by atoms with E-state index in [1.165, 1.54) is 10.6 Å². The van der Waals surface area contributed by atoms with E-state index in [1.807, 2.05) is 50.2 Å². The predicted molar refractivity (Wildman–Crippen MR) is 125 cm³/mol. The summed E-state index contributed by atoms with van der Waals surface area (Å²) >= 11 is 1.56. The Hall–Kier alpha value is -3.52. The molecule has 2 aromatic carbocycles. The van der Waals surface area contributed by atoms with Gasteiger partial charge in [0.05, 0.1) is 5.69 Å². The molecule has 4 aromatic rings. The largest absolute Gasteiger partial charge is 0.484 e. The van der Waals surface area contributed by atoms with Gasteiger partial charge < -0.3 is 14.6 Å². The summed E-state index contributed by atoms with van der Waals surface area (Å²) in [6.45, 7) is 5.70. The Labute approximate surface area is 189 Å². The maximum absolute atomic E-state index is 12.2. The number of ether oxygens (including phenoxy) is 1. The molecule has 2 aromatic heterocycles. The van der Waals surface area contributed by atoms with Crippen LogP contribution in [0.4, 0.5) is 5.69 Å². The highest BCUT2D eigenvalue weighted by molar-refractivity contribution is 7.98. The van der Waals surface area contributed by atoms with Crippen molar-refractivity contribution in [2.75, 3.05) is 11.9 Å². The summed E-state index contributed by atoms with van der Waals surface area (Å²) in [5, 5.41) is 2.83. The summed E-state index contributed by atoms with van der Waals surface area (Å²) < 4.78 is 12.1. The molecule has 0 fully saturated rings. The summed E-state index contributed by atoms with van der Waals surface area (Å²) in [5.74, 6) is 1.64. The van der Waals surface area contributed by atoms with E-state index in [1.54, 1.807) is 24.8 Å². The lowest BCUT2D eigenvalue weighted by Gasteiger charge is -2.09. The third-order valence-electron chi connectivity index (χ3n) is 4.61. The third kappa shape index (κ3) is 5.39. The number of fused-ring (bicyclic) bond motifs is 1. The van der Waals surface area contributed by atoms with Crippen molar-refractivity contribution in [2.45, 2.75) is 31.4 Å². The highest BCUT2D eigenvalue weighted by Gasteiger charge is 2.08. The average Bonchev–Trinajstić information content (AvgIpc) is 3.12. The van der Waals surface area contributed by atoms with Gasteiger partial charge in [-0.15, -0.1) is 16.3 Å². The number of aromatic nitrogens is 2. The van der Waals surface area contributed by atoms with Gasteiger partial charge in [0, 0.05) is 28.5 Å². The number of hydrogen-bond acceptors (Lipinski definition) is 6. The van der Waals surface area contributed by atoms with Crippen molar-refractivity contribution in [3.63, 3.8) is 0 Å². The zero-order valence-electron chi connectivity index (χ0n) is 18.0. The smallest absolute Gasteiger partial charge is 0.287 e. The lowest BCUT2D eigenvalue weighted by atomic mass is 10.1. The van der Waals surface area contributed by atoms with Crippen LogP contribution in [0.25, 0.3) is 5.65 Å². The quantitative estimate of drug-likeness (QED) is 0.418. The number of benzene rings is 2. The maximum Gasteiger partial charge on any atom is 0.287 e. The number of amides is 1. The van der Waals surface area contributed by atoms with Crippen molar-refractivity contribution in [3.05, 3.63) is 87.5 Å². The average molecular weight is 450 g/mol. The predicted octanol–water partition coefficient (Wildman–Crippen LogP) is 4.52. The fourth-order valence-corrected chi connectivity index (χ4v) is 4.09. The highest BCUT2D eigenvalue weighted by atomic mass is 32.2. The minimum absolute atomic E-state index is 0.0590. The second-order valence-corrected chi connectivity index (χ2v) is 8.61. The Morgan fingerprint density at radius 3 is 2.50 bits per heavy atom. The van der Waals surface area contributed by atoms with Gasteiger partial charge in [-0.05, 0) is 68.3 Å². The SMILES string of the molecule is Cc1cc(C)cc(OCC(=O)Nc2ccc(SCc3cc(=O)n4oc(C)cc4n3)cc2)c1. The Kier molecular flexibility index (Phi) is 6.32. The molecule has 0 radical (unpaired) electrons. The van der Waals surface area contributed by atoms with Gasteiger partial charge in [-0.2, -0.15) is 0 Å². The van der Waals surface area contributed by atoms with Gasteiger partial charge in [0.1, 0.15) is 11.5 Å². The Morgan fingerprint density at radius 2 is 1.78 bits per heavy atom. The van der Waals surface area contributed by atoms with E-state index in [-0.39, 0.29) is 18.1 Å². The van der Waals surface area contributed by atoms with Crippen LogP contribution in [-0.4, -0.2) is 22.1 Å². The van der Waals surface area contributed by atoms with Crippen molar-refractivity contribution in [3.8, 4) is 5.75 Å². The molecule has 4 rings (SSSR count). The van der Waals surface area contributed by atoms with Crippen LogP contribution in [0.3, 0.4) is 0 Å². The number of nitrogens with one attached hydrogen (secondary N) is 1. The van der Waals surface area contributed by atoms with E-state index in [4.69, 9.17) is 9.26 Å². The number of thioether (sulfide) groups is 1. The highest BCUT2D eigenvalue weighted by Crippen LogP contribution is 2.24. The molecule has 7 nitrogen and oxygen atoms in total. The lowest BCUT2D eigenvalue weighted by molar-refractivity contribution is -0.118. The van der Waals surface area contributed by atoms with Crippen molar-refractivity contribution < 1.29 is 14.1 Å².